The molecule has 0 atom stereocenters. The van der Waals surface area contributed by atoms with Gasteiger partial charge in [0.05, 0.1) is 12.2 Å². The fourth-order valence-corrected chi connectivity index (χ4v) is 1.03. The molecule has 0 aromatic heterocycles. The van der Waals surface area contributed by atoms with Gasteiger partial charge in [-0.1, -0.05) is 29.2 Å². The Bertz CT molecular complexity index is 455. The molecule has 0 heterocycles. The van der Waals surface area contributed by atoms with E-state index in [1.165, 1.54) is 0 Å². The van der Waals surface area contributed by atoms with Crippen molar-refractivity contribution in [3.63, 3.8) is 0 Å². The van der Waals surface area contributed by atoms with E-state index in [1.807, 2.05) is 0 Å². The van der Waals surface area contributed by atoms with Crippen LogP contribution in [-0.4, -0.2) is 12.5 Å². The van der Waals surface area contributed by atoms with Gasteiger partial charge in [0.25, 0.3) is 5.91 Å². The molecule has 1 aromatic carbocycles. The summed E-state index contributed by atoms with van der Waals surface area (Å²) in [7, 11) is 0. The first-order chi connectivity index (χ1) is 7.29. The summed E-state index contributed by atoms with van der Waals surface area (Å²) in [5.74, 6) is 1.93. The number of hydrogen-bond acceptors (Lipinski definition) is 2. The summed E-state index contributed by atoms with van der Waals surface area (Å²) in [4.78, 5) is 14.1. The van der Waals surface area contributed by atoms with Gasteiger partial charge >= 0.3 is 0 Å². The summed E-state index contributed by atoms with van der Waals surface area (Å²) in [6.07, 6.45) is 5.00. The Balaban J connectivity index is 2.98. The Labute approximate surface area is 86.7 Å². The predicted molar refractivity (Wildman–Crippen MR) is 56.4 cm³/mol. The molecule has 5 heteroatoms. The van der Waals surface area contributed by atoms with Crippen LogP contribution in [0.2, 0.25) is 0 Å². The van der Waals surface area contributed by atoms with Crippen LogP contribution in [0.4, 0.5) is 5.69 Å². The van der Waals surface area contributed by atoms with Crippen LogP contribution in [0.5, 0.6) is 0 Å². The number of hydrogen-bond donors (Lipinski definition) is 1. The Morgan fingerprint density at radius 1 is 1.60 bits per heavy atom. The lowest BCUT2D eigenvalue weighted by Gasteiger charge is -2.03. The average Bonchev–Trinajstić information content (AvgIpc) is 2.27. The van der Waals surface area contributed by atoms with E-state index < -0.39 is 0 Å². The number of carbonyl (C=O) groups is 1. The molecule has 5 nitrogen and oxygen atoms in total. The van der Waals surface area contributed by atoms with Crippen LogP contribution in [-0.2, 0) is 0 Å². The number of rotatable bonds is 3. The lowest BCUT2D eigenvalue weighted by Crippen LogP contribution is -2.23. The summed E-state index contributed by atoms with van der Waals surface area (Å²) < 4.78 is 0. The van der Waals surface area contributed by atoms with Crippen molar-refractivity contribution < 1.29 is 4.79 Å². The van der Waals surface area contributed by atoms with Crippen molar-refractivity contribution in [3.05, 3.63) is 40.3 Å². The lowest BCUT2D eigenvalue weighted by molar-refractivity contribution is 0.0959. The predicted octanol–water partition coefficient (Wildman–Crippen LogP) is 1.99. The van der Waals surface area contributed by atoms with E-state index in [9.17, 15) is 4.79 Å². The molecular formula is C10H8N4O. The van der Waals surface area contributed by atoms with Gasteiger partial charge in [-0.05, 0) is 11.6 Å². The fourth-order valence-electron chi connectivity index (χ4n) is 1.03. The van der Waals surface area contributed by atoms with Gasteiger partial charge in [-0.2, -0.15) is 0 Å². The highest BCUT2D eigenvalue weighted by Gasteiger charge is 2.07. The third kappa shape index (κ3) is 2.76. The van der Waals surface area contributed by atoms with E-state index in [-0.39, 0.29) is 18.1 Å². The van der Waals surface area contributed by atoms with Crippen LogP contribution in [0.25, 0.3) is 10.4 Å². The Morgan fingerprint density at radius 2 is 2.33 bits per heavy atom. The quantitative estimate of drug-likeness (QED) is 0.344. The van der Waals surface area contributed by atoms with E-state index >= 15 is 0 Å². The zero-order valence-corrected chi connectivity index (χ0v) is 7.84. The number of nitrogens with zero attached hydrogens (tertiary/aromatic N) is 3. The van der Waals surface area contributed by atoms with Crippen LogP contribution in [0.1, 0.15) is 10.4 Å². The van der Waals surface area contributed by atoms with Gasteiger partial charge < -0.3 is 5.32 Å². The van der Waals surface area contributed by atoms with Crippen molar-refractivity contribution >= 4 is 11.6 Å². The largest absolute Gasteiger partial charge is 0.341 e. The molecule has 74 valence electrons. The standard InChI is InChI=1S/C10H8N4O/c1-2-7-12-10(15)8-5-3-4-6-9(8)13-14-11/h1,3-6H,7H2,(H,12,15). The third-order valence-corrected chi connectivity index (χ3v) is 1.65. The Kier molecular flexibility index (Phi) is 3.78. The van der Waals surface area contributed by atoms with E-state index in [1.54, 1.807) is 24.3 Å². The van der Waals surface area contributed by atoms with Crippen LogP contribution < -0.4 is 5.32 Å². The number of terminal acetylenes is 1. The second-order valence-electron chi connectivity index (χ2n) is 2.59. The van der Waals surface area contributed by atoms with Crippen LogP contribution in [0.3, 0.4) is 0 Å². The van der Waals surface area contributed by atoms with Crippen molar-refractivity contribution in [2.24, 2.45) is 5.11 Å². The second-order valence-corrected chi connectivity index (χ2v) is 2.59. The van der Waals surface area contributed by atoms with Gasteiger partial charge in [0.15, 0.2) is 0 Å². The molecule has 0 aliphatic carbocycles. The molecule has 0 spiro atoms. The molecule has 0 saturated carbocycles. The lowest BCUT2D eigenvalue weighted by atomic mass is 10.1. The highest BCUT2D eigenvalue weighted by Crippen LogP contribution is 2.18. The fraction of sp³-hybridized carbons (Fsp3) is 0.100. The number of amides is 1. The van der Waals surface area contributed by atoms with Gasteiger partial charge in [-0.15, -0.1) is 6.42 Å². The summed E-state index contributed by atoms with van der Waals surface area (Å²) in [6, 6.07) is 6.49. The van der Waals surface area contributed by atoms with E-state index in [4.69, 9.17) is 12.0 Å². The molecule has 1 N–H and O–H groups in total. The van der Waals surface area contributed by atoms with Crippen molar-refractivity contribution in [2.75, 3.05) is 6.54 Å². The minimum Gasteiger partial charge on any atom is -0.341 e. The SMILES string of the molecule is C#CCNC(=O)c1ccccc1N=[N+]=[N-]. The number of nitrogens with one attached hydrogen (secondary N) is 1. The first-order valence-corrected chi connectivity index (χ1v) is 4.15. The maximum Gasteiger partial charge on any atom is 0.252 e. The average molecular weight is 200 g/mol. The molecule has 0 unspecified atom stereocenters. The normalized spacial score (nSPS) is 8.47. The van der Waals surface area contributed by atoms with E-state index in [0.717, 1.165) is 0 Å². The van der Waals surface area contributed by atoms with Crippen LogP contribution >= 0.6 is 0 Å². The van der Waals surface area contributed by atoms with Gasteiger partial charge in [-0.25, -0.2) is 0 Å². The minimum atomic E-state index is -0.351. The molecule has 15 heavy (non-hydrogen) atoms. The summed E-state index contributed by atoms with van der Waals surface area (Å²) in [5, 5.41) is 5.89. The molecule has 0 aliphatic heterocycles. The van der Waals surface area contributed by atoms with Crippen LogP contribution in [0, 0.1) is 12.3 Å². The first-order valence-electron chi connectivity index (χ1n) is 4.15. The van der Waals surface area contributed by atoms with Crippen molar-refractivity contribution in [1.82, 2.24) is 5.32 Å². The zero-order chi connectivity index (χ0) is 11.1. The molecule has 0 fully saturated rings. The maximum atomic E-state index is 11.5. The maximum absolute atomic E-state index is 11.5. The topological polar surface area (TPSA) is 77.9 Å². The smallest absolute Gasteiger partial charge is 0.252 e. The first kappa shape index (κ1) is 10.6. The Morgan fingerprint density at radius 3 is 3.00 bits per heavy atom. The molecule has 0 aliphatic rings. The molecule has 1 amide bonds. The second kappa shape index (κ2) is 5.32. The van der Waals surface area contributed by atoms with Gasteiger partial charge in [0, 0.05) is 10.5 Å². The molecule has 0 radical (unpaired) electrons. The van der Waals surface area contributed by atoms with Gasteiger partial charge in [0.1, 0.15) is 0 Å². The molecule has 1 rings (SSSR count). The molecule has 0 saturated heterocycles. The van der Waals surface area contributed by atoms with Crippen molar-refractivity contribution in [1.29, 1.82) is 0 Å². The molecule has 0 bridgehead atoms. The molecule has 1 aromatic rings. The number of carbonyl (C=O) groups excluding carboxylic acids is 1. The zero-order valence-electron chi connectivity index (χ0n) is 7.84. The monoisotopic (exact) mass is 200 g/mol. The van der Waals surface area contributed by atoms with Gasteiger partial charge in [0.2, 0.25) is 0 Å². The summed E-state index contributed by atoms with van der Waals surface area (Å²) in [5.41, 5.74) is 8.89. The van der Waals surface area contributed by atoms with Crippen molar-refractivity contribution in [3.8, 4) is 12.3 Å². The third-order valence-electron chi connectivity index (χ3n) is 1.65. The summed E-state index contributed by atoms with van der Waals surface area (Å²) >= 11 is 0. The summed E-state index contributed by atoms with van der Waals surface area (Å²) in [6.45, 7) is 0.142. The van der Waals surface area contributed by atoms with Crippen LogP contribution in [0.15, 0.2) is 29.4 Å². The van der Waals surface area contributed by atoms with E-state index in [2.05, 4.69) is 21.3 Å². The number of benzene rings is 1. The minimum absolute atomic E-state index is 0.142. The van der Waals surface area contributed by atoms with E-state index in [0.29, 0.717) is 5.56 Å². The number of azide groups is 1. The molecular weight excluding hydrogens is 192 g/mol. The highest BCUT2D eigenvalue weighted by atomic mass is 16.1. The van der Waals surface area contributed by atoms with Crippen molar-refractivity contribution in [2.45, 2.75) is 0 Å². The Hall–Kier alpha value is -2.44. The van der Waals surface area contributed by atoms with Gasteiger partial charge in [-0.3, -0.25) is 4.79 Å². The highest BCUT2D eigenvalue weighted by molar-refractivity contribution is 5.98.